The van der Waals surface area contributed by atoms with Gasteiger partial charge in [0.25, 0.3) is 0 Å². The van der Waals surface area contributed by atoms with Gasteiger partial charge in [0, 0.05) is 11.0 Å². The van der Waals surface area contributed by atoms with E-state index in [-0.39, 0.29) is 35.1 Å². The van der Waals surface area contributed by atoms with Crippen LogP contribution in [0.3, 0.4) is 0 Å². The van der Waals surface area contributed by atoms with Crippen molar-refractivity contribution in [2.75, 3.05) is 0 Å². The molecule has 0 bridgehead atoms. The van der Waals surface area contributed by atoms with Crippen LogP contribution in [0.2, 0.25) is 0 Å². The molecule has 0 aliphatic rings. The first-order valence-electron chi connectivity index (χ1n) is 8.96. The number of allylic oxidation sites excluding steroid dienone is 2. The minimum atomic E-state index is -4.25. The summed E-state index contributed by atoms with van der Waals surface area (Å²) in [4.78, 5) is 9.60. The Bertz CT molecular complexity index is 952. The number of hydrogen-bond donors (Lipinski definition) is 1. The molecule has 5 nitrogen and oxygen atoms in total. The van der Waals surface area contributed by atoms with Gasteiger partial charge in [-0.05, 0) is 31.1 Å². The second kappa shape index (κ2) is 20.4. The van der Waals surface area contributed by atoms with Crippen LogP contribution in [0.4, 0.5) is 0 Å². The predicted octanol–water partition coefficient (Wildman–Crippen LogP) is 2.93. The van der Waals surface area contributed by atoms with Crippen molar-refractivity contribution in [2.45, 2.75) is 13.8 Å². The number of benzene rings is 2. The van der Waals surface area contributed by atoms with E-state index >= 15 is 0 Å². The van der Waals surface area contributed by atoms with Gasteiger partial charge in [0.2, 0.25) is 0 Å². The molecule has 0 atom stereocenters. The fourth-order valence-corrected chi connectivity index (χ4v) is 1.64. The zero-order valence-corrected chi connectivity index (χ0v) is 21.7. The minimum Gasteiger partial charge on any atom is -0.744 e. The van der Waals surface area contributed by atoms with Gasteiger partial charge in [0.05, 0.1) is 0 Å². The number of aliphatic carboxylic acids is 1. The molecule has 0 saturated carbocycles. The minimum absolute atomic E-state index is 0. The van der Waals surface area contributed by atoms with Crippen LogP contribution in [0.1, 0.15) is 25.0 Å². The summed E-state index contributed by atoms with van der Waals surface area (Å²) in [5.74, 6) is -0.935. The number of carboxylic acid groups (broad SMARTS) is 1. The Balaban J connectivity index is -0.000000369. The molecule has 1 N–H and O–H groups in total. The van der Waals surface area contributed by atoms with E-state index in [9.17, 15) is 17.8 Å². The maximum atomic E-state index is 10.2. The average molecular weight is 465 g/mol. The molecule has 32 heavy (non-hydrogen) atoms. The van der Waals surface area contributed by atoms with Crippen molar-refractivity contribution >= 4 is 28.2 Å². The van der Waals surface area contributed by atoms with Gasteiger partial charge in [0.15, 0.2) is 0 Å². The van der Waals surface area contributed by atoms with Gasteiger partial charge in [-0.2, -0.15) is 0 Å². The Morgan fingerprint density at radius 1 is 0.906 bits per heavy atom. The van der Waals surface area contributed by atoms with E-state index in [0.29, 0.717) is 11.0 Å². The third kappa shape index (κ3) is 25.6. The van der Waals surface area contributed by atoms with E-state index in [4.69, 9.17) is 5.11 Å². The van der Waals surface area contributed by atoms with E-state index in [1.54, 1.807) is 30.3 Å². The standard InChI is InChI=1S/C8H8O3S.C8H8.C5H8.C4H6O2.Na/c9-12(10,11)7-6-8-4-2-1-3-5-8;1-2-8-6-4-3-5-7-8;1-4-5(2)3;1-3(2)4(5)6;/h1-7H,(H,9,10,11);2-7H,1H2;4H,1-2H2,3H3;1H2,2H3,(H,5,6);/q;;;;+1/p-1. The first-order valence-corrected chi connectivity index (χ1v) is 10.4. The molecule has 0 saturated heterocycles. The second-order valence-electron chi connectivity index (χ2n) is 5.96. The topological polar surface area (TPSA) is 94.5 Å². The molecule has 2 rings (SSSR count). The molecule has 0 radical (unpaired) electrons. The summed E-state index contributed by atoms with van der Waals surface area (Å²) < 4.78 is 30.5. The first kappa shape index (κ1) is 34.1. The number of rotatable bonds is 5. The summed E-state index contributed by atoms with van der Waals surface area (Å²) in [6.45, 7) is 17.2. The third-order valence-corrected chi connectivity index (χ3v) is 3.44. The van der Waals surface area contributed by atoms with Crippen LogP contribution < -0.4 is 29.6 Å². The van der Waals surface area contributed by atoms with E-state index < -0.39 is 16.1 Å². The van der Waals surface area contributed by atoms with Crippen molar-refractivity contribution in [1.82, 2.24) is 0 Å². The van der Waals surface area contributed by atoms with Crippen molar-refractivity contribution in [3.63, 3.8) is 0 Å². The summed E-state index contributed by atoms with van der Waals surface area (Å²) >= 11 is 0. The fraction of sp³-hybridized carbons (Fsp3) is 0.0800. The number of hydrogen-bond acceptors (Lipinski definition) is 4. The third-order valence-electron chi connectivity index (χ3n) is 2.98. The Morgan fingerprint density at radius 3 is 1.47 bits per heavy atom. The molecule has 0 amide bonds. The smallest absolute Gasteiger partial charge is 0.744 e. The van der Waals surface area contributed by atoms with Crippen LogP contribution in [-0.4, -0.2) is 24.0 Å². The number of carbonyl (C=O) groups is 1. The van der Waals surface area contributed by atoms with Crippen molar-refractivity contribution in [3.8, 4) is 0 Å². The Kier molecular flexibility index (Phi) is 21.8. The molecule has 0 heterocycles. The van der Waals surface area contributed by atoms with Gasteiger partial charge in [-0.25, -0.2) is 13.2 Å². The predicted molar refractivity (Wildman–Crippen MR) is 129 cm³/mol. The monoisotopic (exact) mass is 464 g/mol. The molecule has 2 aromatic carbocycles. The fourth-order valence-electron chi connectivity index (χ4n) is 1.32. The van der Waals surface area contributed by atoms with Gasteiger partial charge in [-0.1, -0.05) is 105 Å². The Hall–Kier alpha value is -2.48. The van der Waals surface area contributed by atoms with E-state index in [1.807, 2.05) is 49.4 Å². The quantitative estimate of drug-likeness (QED) is 0.318. The largest absolute Gasteiger partial charge is 1.00 e. The molecule has 0 aliphatic heterocycles. The molecular formula is C25H29NaO5S. The van der Waals surface area contributed by atoms with Crippen molar-refractivity contribution in [1.29, 1.82) is 0 Å². The van der Waals surface area contributed by atoms with Crippen LogP contribution in [0.15, 0.2) is 110 Å². The van der Waals surface area contributed by atoms with Gasteiger partial charge in [-0.3, -0.25) is 0 Å². The molecule has 0 aromatic heterocycles. The second-order valence-corrected chi connectivity index (χ2v) is 7.21. The molecular weight excluding hydrogens is 435 g/mol. The molecule has 0 unspecified atom stereocenters. The molecule has 0 fully saturated rings. The Morgan fingerprint density at radius 2 is 1.25 bits per heavy atom. The zero-order chi connectivity index (χ0) is 24.3. The molecule has 2 aromatic rings. The molecule has 0 spiro atoms. The summed E-state index contributed by atoms with van der Waals surface area (Å²) in [6, 6.07) is 18.8. The summed E-state index contributed by atoms with van der Waals surface area (Å²) in [5.41, 5.74) is 3.06. The SMILES string of the molecule is C=C(C)C(=O)O.C=CC(=C)C.C=Cc1ccccc1.O=S(=O)([O-])C=Cc1ccccc1.[Na+]. The van der Waals surface area contributed by atoms with Gasteiger partial charge in [-0.15, -0.1) is 0 Å². The van der Waals surface area contributed by atoms with Gasteiger partial charge >= 0.3 is 35.5 Å². The first-order chi connectivity index (χ1) is 14.4. The summed E-state index contributed by atoms with van der Waals surface area (Å²) in [5, 5.41) is 8.53. The maximum absolute atomic E-state index is 10.2. The van der Waals surface area contributed by atoms with E-state index in [0.717, 1.165) is 5.57 Å². The maximum Gasteiger partial charge on any atom is 1.00 e. The van der Waals surface area contributed by atoms with E-state index in [1.165, 1.54) is 18.6 Å². The summed E-state index contributed by atoms with van der Waals surface area (Å²) in [7, 11) is -4.25. The van der Waals surface area contributed by atoms with Crippen molar-refractivity contribution in [3.05, 3.63) is 121 Å². The van der Waals surface area contributed by atoms with Crippen LogP contribution in [-0.2, 0) is 14.9 Å². The van der Waals surface area contributed by atoms with Crippen molar-refractivity contribution in [2.24, 2.45) is 0 Å². The normalized spacial score (nSPS) is 9.09. The Labute approximate surface area is 214 Å². The molecule has 0 aliphatic carbocycles. The van der Waals surface area contributed by atoms with Crippen LogP contribution >= 0.6 is 0 Å². The zero-order valence-electron chi connectivity index (χ0n) is 18.9. The molecule has 7 heteroatoms. The van der Waals surface area contributed by atoms with E-state index in [2.05, 4.69) is 26.3 Å². The van der Waals surface area contributed by atoms with Crippen molar-refractivity contribution < 1.29 is 52.4 Å². The van der Waals surface area contributed by atoms with Gasteiger partial charge < -0.3 is 9.66 Å². The average Bonchev–Trinajstić information content (AvgIpc) is 2.74. The molecule has 166 valence electrons. The van der Waals surface area contributed by atoms with Crippen LogP contribution in [0.25, 0.3) is 12.2 Å². The van der Waals surface area contributed by atoms with Crippen LogP contribution in [0.5, 0.6) is 0 Å². The number of carboxylic acids is 1. The van der Waals surface area contributed by atoms with Gasteiger partial charge in [0.1, 0.15) is 10.1 Å². The summed E-state index contributed by atoms with van der Waals surface area (Å²) in [6.07, 6.45) is 4.82. The van der Waals surface area contributed by atoms with Crippen LogP contribution in [0, 0.1) is 0 Å².